The molecule has 102 valence electrons. The second kappa shape index (κ2) is 5.65. The van der Waals surface area contributed by atoms with Gasteiger partial charge in [-0.1, -0.05) is 0 Å². The van der Waals surface area contributed by atoms with Crippen molar-refractivity contribution in [3.05, 3.63) is 0 Å². The third-order valence-electron chi connectivity index (χ3n) is 3.29. The summed E-state index contributed by atoms with van der Waals surface area (Å²) in [5.74, 6) is 0. The van der Waals surface area contributed by atoms with Gasteiger partial charge in [0, 0.05) is 24.7 Å². The molecule has 1 rings (SSSR count). The Kier molecular flexibility index (Phi) is 4.95. The number of sulfonamides is 1. The van der Waals surface area contributed by atoms with Crippen molar-refractivity contribution in [3.8, 4) is 0 Å². The van der Waals surface area contributed by atoms with Crippen molar-refractivity contribution >= 4 is 10.0 Å². The third-order valence-corrected chi connectivity index (χ3v) is 4.59. The van der Waals surface area contributed by atoms with Crippen LogP contribution in [0.5, 0.6) is 0 Å². The summed E-state index contributed by atoms with van der Waals surface area (Å²) in [6.45, 7) is 6.19. The van der Waals surface area contributed by atoms with Gasteiger partial charge < -0.3 is 11.1 Å². The molecule has 1 aliphatic rings. The van der Waals surface area contributed by atoms with E-state index in [9.17, 15) is 8.42 Å². The van der Waals surface area contributed by atoms with E-state index >= 15 is 0 Å². The van der Waals surface area contributed by atoms with Crippen molar-refractivity contribution < 1.29 is 8.42 Å². The summed E-state index contributed by atoms with van der Waals surface area (Å²) in [6, 6.07) is 0.398. The highest BCUT2D eigenvalue weighted by Crippen LogP contribution is 2.17. The van der Waals surface area contributed by atoms with Crippen molar-refractivity contribution in [2.45, 2.75) is 44.7 Å². The molecule has 0 amide bonds. The molecule has 0 aromatic rings. The van der Waals surface area contributed by atoms with Gasteiger partial charge in [-0.15, -0.1) is 0 Å². The predicted octanol–water partition coefficient (Wildman–Crippen LogP) is 0.127. The lowest BCUT2D eigenvalue weighted by molar-refractivity contribution is 0.237. The van der Waals surface area contributed by atoms with Crippen LogP contribution in [0.15, 0.2) is 0 Å². The number of rotatable bonds is 5. The van der Waals surface area contributed by atoms with Crippen LogP contribution in [0.25, 0.3) is 0 Å². The summed E-state index contributed by atoms with van der Waals surface area (Å²) < 4.78 is 24.3. The Morgan fingerprint density at radius 3 is 2.29 bits per heavy atom. The van der Waals surface area contributed by atoms with Gasteiger partial charge in [-0.3, -0.25) is 0 Å². The molecule has 0 unspecified atom stereocenters. The standard InChI is InChI=1S/C11H25N3O2S/c1-11(2,6-7-12)13-10-4-8-14(9-5-10)17(3,15)16/h10,13H,4-9,12H2,1-3H3. The quantitative estimate of drug-likeness (QED) is 0.739. The maximum Gasteiger partial charge on any atom is 0.211 e. The van der Waals surface area contributed by atoms with Crippen LogP contribution in [0, 0.1) is 0 Å². The highest BCUT2D eigenvalue weighted by atomic mass is 32.2. The van der Waals surface area contributed by atoms with Crippen LogP contribution in [-0.4, -0.2) is 50.2 Å². The van der Waals surface area contributed by atoms with E-state index in [2.05, 4.69) is 19.2 Å². The zero-order valence-electron chi connectivity index (χ0n) is 11.1. The Labute approximate surface area is 105 Å². The minimum absolute atomic E-state index is 0.0344. The molecule has 6 heteroatoms. The Morgan fingerprint density at radius 2 is 1.88 bits per heavy atom. The monoisotopic (exact) mass is 263 g/mol. The average molecular weight is 263 g/mol. The molecule has 1 heterocycles. The molecule has 5 nitrogen and oxygen atoms in total. The molecule has 0 bridgehead atoms. The van der Waals surface area contributed by atoms with E-state index in [-0.39, 0.29) is 5.54 Å². The summed E-state index contributed by atoms with van der Waals surface area (Å²) in [5.41, 5.74) is 5.61. The lowest BCUT2D eigenvalue weighted by Crippen LogP contribution is -2.52. The second-order valence-corrected chi connectivity index (χ2v) is 7.49. The summed E-state index contributed by atoms with van der Waals surface area (Å²) in [7, 11) is -3.02. The highest BCUT2D eigenvalue weighted by molar-refractivity contribution is 7.88. The molecule has 0 spiro atoms. The number of nitrogens with zero attached hydrogens (tertiary/aromatic N) is 1. The first kappa shape index (κ1) is 14.9. The maximum absolute atomic E-state index is 11.4. The summed E-state index contributed by atoms with van der Waals surface area (Å²) in [5, 5.41) is 3.57. The number of piperidine rings is 1. The van der Waals surface area contributed by atoms with E-state index in [0.29, 0.717) is 25.7 Å². The van der Waals surface area contributed by atoms with Crippen molar-refractivity contribution in [2.24, 2.45) is 5.73 Å². The van der Waals surface area contributed by atoms with E-state index in [4.69, 9.17) is 5.73 Å². The molecular formula is C11H25N3O2S. The normalized spacial score (nSPS) is 20.7. The van der Waals surface area contributed by atoms with Gasteiger partial charge in [0.25, 0.3) is 0 Å². The molecule has 1 fully saturated rings. The average Bonchev–Trinajstić information content (AvgIpc) is 2.16. The molecule has 3 N–H and O–H groups in total. The number of hydrogen-bond donors (Lipinski definition) is 2. The topological polar surface area (TPSA) is 75.4 Å². The van der Waals surface area contributed by atoms with Gasteiger partial charge in [0.1, 0.15) is 0 Å². The number of nitrogens with one attached hydrogen (secondary N) is 1. The Hall–Kier alpha value is -0.170. The molecule has 0 atom stereocenters. The van der Waals surface area contributed by atoms with Gasteiger partial charge in [-0.05, 0) is 39.7 Å². The number of hydrogen-bond acceptors (Lipinski definition) is 4. The van der Waals surface area contributed by atoms with Crippen LogP contribution >= 0.6 is 0 Å². The largest absolute Gasteiger partial charge is 0.330 e. The second-order valence-electron chi connectivity index (χ2n) is 5.50. The first-order valence-corrected chi connectivity index (χ1v) is 8.02. The smallest absolute Gasteiger partial charge is 0.211 e. The van der Waals surface area contributed by atoms with Crippen LogP contribution in [0.1, 0.15) is 33.1 Å². The van der Waals surface area contributed by atoms with E-state index < -0.39 is 10.0 Å². The van der Waals surface area contributed by atoms with Crippen molar-refractivity contribution in [1.82, 2.24) is 9.62 Å². The lowest BCUT2D eigenvalue weighted by Gasteiger charge is -2.36. The van der Waals surface area contributed by atoms with Crippen LogP contribution in [0.4, 0.5) is 0 Å². The first-order chi connectivity index (χ1) is 7.74. The Bertz CT molecular complexity index is 333. The van der Waals surface area contributed by atoms with Crippen molar-refractivity contribution in [1.29, 1.82) is 0 Å². The lowest BCUT2D eigenvalue weighted by atomic mass is 9.96. The van der Waals surface area contributed by atoms with Crippen LogP contribution in [0.3, 0.4) is 0 Å². The molecule has 0 radical (unpaired) electrons. The molecule has 0 aromatic heterocycles. The van der Waals surface area contributed by atoms with Gasteiger partial charge in [0.05, 0.1) is 6.26 Å². The van der Waals surface area contributed by atoms with Gasteiger partial charge in [0.15, 0.2) is 0 Å². The molecule has 0 aliphatic carbocycles. The van der Waals surface area contributed by atoms with E-state index in [1.807, 2.05) is 0 Å². The minimum Gasteiger partial charge on any atom is -0.330 e. The number of nitrogens with two attached hydrogens (primary N) is 1. The van der Waals surface area contributed by atoms with Crippen LogP contribution in [-0.2, 0) is 10.0 Å². The Morgan fingerprint density at radius 1 is 1.35 bits per heavy atom. The van der Waals surface area contributed by atoms with Gasteiger partial charge in [-0.25, -0.2) is 12.7 Å². The van der Waals surface area contributed by atoms with E-state index in [0.717, 1.165) is 19.3 Å². The van der Waals surface area contributed by atoms with Crippen LogP contribution in [0.2, 0.25) is 0 Å². The first-order valence-electron chi connectivity index (χ1n) is 6.17. The molecular weight excluding hydrogens is 238 g/mol. The molecule has 0 saturated carbocycles. The molecule has 17 heavy (non-hydrogen) atoms. The fourth-order valence-electron chi connectivity index (χ4n) is 2.32. The van der Waals surface area contributed by atoms with E-state index in [1.54, 1.807) is 4.31 Å². The predicted molar refractivity (Wildman–Crippen MR) is 70.3 cm³/mol. The minimum atomic E-state index is -3.02. The van der Waals surface area contributed by atoms with Crippen molar-refractivity contribution in [3.63, 3.8) is 0 Å². The van der Waals surface area contributed by atoms with E-state index in [1.165, 1.54) is 6.26 Å². The van der Waals surface area contributed by atoms with Gasteiger partial charge in [-0.2, -0.15) is 0 Å². The summed E-state index contributed by atoms with van der Waals surface area (Å²) in [4.78, 5) is 0. The molecule has 0 aromatic carbocycles. The molecule has 1 aliphatic heterocycles. The Balaban J connectivity index is 2.43. The zero-order chi connectivity index (χ0) is 13.1. The SMILES string of the molecule is CC(C)(CCN)NC1CCN(S(C)(=O)=O)CC1. The fourth-order valence-corrected chi connectivity index (χ4v) is 3.19. The van der Waals surface area contributed by atoms with Gasteiger partial charge >= 0.3 is 0 Å². The summed E-state index contributed by atoms with van der Waals surface area (Å²) >= 11 is 0. The molecule has 1 saturated heterocycles. The van der Waals surface area contributed by atoms with Crippen molar-refractivity contribution in [2.75, 3.05) is 25.9 Å². The van der Waals surface area contributed by atoms with Crippen LogP contribution < -0.4 is 11.1 Å². The zero-order valence-corrected chi connectivity index (χ0v) is 11.9. The van der Waals surface area contributed by atoms with Gasteiger partial charge in [0.2, 0.25) is 10.0 Å². The fraction of sp³-hybridized carbons (Fsp3) is 1.00. The highest BCUT2D eigenvalue weighted by Gasteiger charge is 2.28. The maximum atomic E-state index is 11.4. The summed E-state index contributed by atoms with van der Waals surface area (Å²) in [6.07, 6.45) is 3.96. The third kappa shape index (κ3) is 4.91.